The lowest BCUT2D eigenvalue weighted by molar-refractivity contribution is 0.0994. The summed E-state index contributed by atoms with van der Waals surface area (Å²) >= 11 is 7.13. The van der Waals surface area contributed by atoms with E-state index in [1.165, 1.54) is 11.8 Å². The molecule has 1 aliphatic carbocycles. The summed E-state index contributed by atoms with van der Waals surface area (Å²) in [5.41, 5.74) is 0.404. The van der Waals surface area contributed by atoms with Gasteiger partial charge in [0.2, 0.25) is 0 Å². The molecule has 1 heterocycles. The largest absolute Gasteiger partial charge is 0.344 e. The quantitative estimate of drug-likeness (QED) is 0.678. The highest BCUT2D eigenvalue weighted by Gasteiger charge is 2.30. The molecule has 1 fully saturated rings. The zero-order chi connectivity index (χ0) is 15.0. The second-order valence-corrected chi connectivity index (χ2v) is 6.79. The van der Waals surface area contributed by atoms with Crippen LogP contribution in [-0.2, 0) is 0 Å². The van der Waals surface area contributed by atoms with Crippen LogP contribution in [0.15, 0.2) is 34.2 Å². The second kappa shape index (κ2) is 5.69. The molecule has 1 N–H and O–H groups in total. The molecule has 3 rings (SSSR count). The number of hydrogen-bond acceptors (Lipinski definition) is 4. The molecule has 1 aromatic carbocycles. The molecule has 1 aromatic heterocycles. The molecule has 0 radical (unpaired) electrons. The van der Waals surface area contributed by atoms with Crippen molar-refractivity contribution in [1.82, 2.24) is 14.8 Å². The molecular formula is C14H14ClN3O2S. The van der Waals surface area contributed by atoms with Crippen molar-refractivity contribution in [2.75, 3.05) is 0 Å². The Morgan fingerprint density at radius 1 is 1.43 bits per heavy atom. The number of carbonyl (C=O) groups is 1. The number of carbonyl (C=O) groups excluding carboxylic acids is 1. The lowest BCUT2D eigenvalue weighted by Gasteiger charge is -2.10. The van der Waals surface area contributed by atoms with Gasteiger partial charge in [-0.05, 0) is 44.0 Å². The third kappa shape index (κ3) is 3.06. The summed E-state index contributed by atoms with van der Waals surface area (Å²) in [5, 5.41) is 7.34. The Kier molecular flexibility index (Phi) is 3.91. The van der Waals surface area contributed by atoms with Crippen LogP contribution in [0.4, 0.5) is 0 Å². The highest BCUT2D eigenvalue weighted by Crippen LogP contribution is 2.37. The number of aromatic amines is 1. The number of H-pyrrole nitrogens is 1. The number of ketones is 1. The molecular weight excluding hydrogens is 310 g/mol. The maximum Gasteiger partial charge on any atom is 0.344 e. The van der Waals surface area contributed by atoms with E-state index in [0.29, 0.717) is 15.7 Å². The van der Waals surface area contributed by atoms with E-state index in [-0.39, 0.29) is 22.8 Å². The van der Waals surface area contributed by atoms with Gasteiger partial charge in [-0.3, -0.25) is 9.36 Å². The Morgan fingerprint density at radius 3 is 2.71 bits per heavy atom. The molecule has 0 spiro atoms. The molecule has 0 saturated heterocycles. The molecule has 21 heavy (non-hydrogen) atoms. The minimum atomic E-state index is -0.320. The number of Topliss-reactive ketones (excluding diaryl/α,β-unsaturated/α-hetero) is 1. The summed E-state index contributed by atoms with van der Waals surface area (Å²) in [6.45, 7) is 1.82. The Bertz CT molecular complexity index is 719. The number of halogens is 1. The van der Waals surface area contributed by atoms with Crippen molar-refractivity contribution >= 4 is 29.1 Å². The van der Waals surface area contributed by atoms with Gasteiger partial charge in [0.15, 0.2) is 10.9 Å². The first kappa shape index (κ1) is 14.4. The van der Waals surface area contributed by atoms with Crippen LogP contribution in [0.1, 0.15) is 36.2 Å². The Hall–Kier alpha value is -1.53. The van der Waals surface area contributed by atoms with Crippen LogP contribution in [-0.4, -0.2) is 25.8 Å². The van der Waals surface area contributed by atoms with Crippen molar-refractivity contribution in [3.05, 3.63) is 45.3 Å². The average molecular weight is 324 g/mol. The van der Waals surface area contributed by atoms with E-state index in [4.69, 9.17) is 11.6 Å². The van der Waals surface area contributed by atoms with E-state index in [9.17, 15) is 9.59 Å². The number of rotatable bonds is 5. The van der Waals surface area contributed by atoms with Gasteiger partial charge in [0.25, 0.3) is 0 Å². The fourth-order valence-corrected chi connectivity index (χ4v) is 3.22. The monoisotopic (exact) mass is 323 g/mol. The third-order valence-corrected chi connectivity index (χ3v) is 4.68. The lowest BCUT2D eigenvalue weighted by atomic mass is 10.1. The standard InChI is InChI=1S/C14H14ClN3O2S/c1-8(12(19)9-2-4-10(15)5-3-9)21-14-17-16-13(20)18(14)11-6-7-11/h2-5,8,11H,6-7H2,1H3,(H,16,20). The lowest BCUT2D eigenvalue weighted by Crippen LogP contribution is -2.18. The van der Waals surface area contributed by atoms with Crippen molar-refractivity contribution in [3.8, 4) is 0 Å². The molecule has 5 nitrogen and oxygen atoms in total. The van der Waals surface area contributed by atoms with Crippen molar-refractivity contribution in [1.29, 1.82) is 0 Å². The first-order chi connectivity index (χ1) is 10.1. The SMILES string of the molecule is CC(Sc1n[nH]c(=O)n1C1CC1)C(=O)c1ccc(Cl)cc1. The van der Waals surface area contributed by atoms with Crippen LogP contribution < -0.4 is 5.69 Å². The molecule has 7 heteroatoms. The van der Waals surface area contributed by atoms with Gasteiger partial charge in [0.05, 0.1) is 5.25 Å². The highest BCUT2D eigenvalue weighted by molar-refractivity contribution is 8.00. The predicted octanol–water partition coefficient (Wildman–Crippen LogP) is 2.92. The molecule has 1 saturated carbocycles. The maximum absolute atomic E-state index is 12.4. The Balaban J connectivity index is 1.77. The molecule has 0 bridgehead atoms. The number of benzene rings is 1. The van der Waals surface area contributed by atoms with E-state index in [1.807, 2.05) is 6.92 Å². The second-order valence-electron chi connectivity index (χ2n) is 5.04. The van der Waals surface area contributed by atoms with Gasteiger partial charge in [0.1, 0.15) is 0 Å². The number of nitrogens with one attached hydrogen (secondary N) is 1. The zero-order valence-corrected chi connectivity index (χ0v) is 12.9. The minimum Gasteiger partial charge on any atom is -0.293 e. The van der Waals surface area contributed by atoms with Crippen molar-refractivity contribution in [2.45, 2.75) is 36.2 Å². The van der Waals surface area contributed by atoms with Crippen LogP contribution in [0.25, 0.3) is 0 Å². The van der Waals surface area contributed by atoms with Crippen LogP contribution in [0.5, 0.6) is 0 Å². The minimum absolute atomic E-state index is 0.00513. The zero-order valence-electron chi connectivity index (χ0n) is 11.4. The first-order valence-corrected chi connectivity index (χ1v) is 7.95. The van der Waals surface area contributed by atoms with E-state index in [2.05, 4.69) is 10.2 Å². The number of nitrogens with zero attached hydrogens (tertiary/aromatic N) is 2. The maximum atomic E-state index is 12.4. The number of aromatic nitrogens is 3. The summed E-state index contributed by atoms with van der Waals surface area (Å²) in [6, 6.07) is 7.04. The fraction of sp³-hybridized carbons (Fsp3) is 0.357. The van der Waals surface area contributed by atoms with Crippen molar-refractivity contribution in [3.63, 3.8) is 0 Å². The highest BCUT2D eigenvalue weighted by atomic mass is 35.5. The van der Waals surface area contributed by atoms with E-state index in [1.54, 1.807) is 28.8 Å². The van der Waals surface area contributed by atoms with E-state index < -0.39 is 0 Å². The Morgan fingerprint density at radius 2 is 2.10 bits per heavy atom. The van der Waals surface area contributed by atoms with Crippen molar-refractivity contribution < 1.29 is 4.79 Å². The molecule has 1 unspecified atom stereocenters. The topological polar surface area (TPSA) is 67.8 Å². The van der Waals surface area contributed by atoms with Gasteiger partial charge in [-0.15, -0.1) is 5.10 Å². The van der Waals surface area contributed by atoms with Crippen LogP contribution in [0.2, 0.25) is 5.02 Å². The summed E-state index contributed by atoms with van der Waals surface area (Å²) in [4.78, 5) is 24.1. The fourth-order valence-electron chi connectivity index (χ4n) is 2.09. The predicted molar refractivity (Wildman–Crippen MR) is 82.2 cm³/mol. The van der Waals surface area contributed by atoms with E-state index in [0.717, 1.165) is 12.8 Å². The van der Waals surface area contributed by atoms with Gasteiger partial charge >= 0.3 is 5.69 Å². The average Bonchev–Trinajstić information content (AvgIpc) is 3.24. The summed E-state index contributed by atoms with van der Waals surface area (Å²) < 4.78 is 1.65. The number of thioether (sulfide) groups is 1. The van der Waals surface area contributed by atoms with Gasteiger partial charge in [0, 0.05) is 16.6 Å². The molecule has 1 atom stereocenters. The summed E-state index contributed by atoms with van der Waals surface area (Å²) in [6.07, 6.45) is 1.99. The van der Waals surface area contributed by atoms with Crippen LogP contribution >= 0.6 is 23.4 Å². The van der Waals surface area contributed by atoms with Crippen molar-refractivity contribution in [2.24, 2.45) is 0 Å². The van der Waals surface area contributed by atoms with Gasteiger partial charge in [-0.1, -0.05) is 23.4 Å². The number of hydrogen-bond donors (Lipinski definition) is 1. The normalized spacial score (nSPS) is 15.9. The smallest absolute Gasteiger partial charge is 0.293 e. The first-order valence-electron chi connectivity index (χ1n) is 6.69. The third-order valence-electron chi connectivity index (χ3n) is 3.36. The molecule has 2 aromatic rings. The summed E-state index contributed by atoms with van der Waals surface area (Å²) in [7, 11) is 0. The van der Waals surface area contributed by atoms with E-state index >= 15 is 0 Å². The molecule has 110 valence electrons. The Labute approximate surface area is 130 Å². The molecule has 0 amide bonds. The summed E-state index contributed by atoms with van der Waals surface area (Å²) in [5.74, 6) is -0.00513. The molecule has 1 aliphatic rings. The van der Waals surface area contributed by atoms with Crippen LogP contribution in [0, 0.1) is 0 Å². The van der Waals surface area contributed by atoms with Gasteiger partial charge in [-0.25, -0.2) is 9.89 Å². The van der Waals surface area contributed by atoms with Gasteiger partial charge in [-0.2, -0.15) is 0 Å². The van der Waals surface area contributed by atoms with Gasteiger partial charge < -0.3 is 0 Å². The van der Waals surface area contributed by atoms with Crippen LogP contribution in [0.3, 0.4) is 0 Å². The molecule has 0 aliphatic heterocycles.